The van der Waals surface area contributed by atoms with Gasteiger partial charge in [0.25, 0.3) is 5.56 Å². The molecule has 4 aromatic rings. The largest absolute Gasteiger partial charge is 0.493 e. The van der Waals surface area contributed by atoms with Crippen LogP contribution >= 0.6 is 0 Å². The van der Waals surface area contributed by atoms with Crippen molar-refractivity contribution in [3.63, 3.8) is 0 Å². The van der Waals surface area contributed by atoms with Gasteiger partial charge in [-0.2, -0.15) is 0 Å². The maximum absolute atomic E-state index is 13.6. The summed E-state index contributed by atoms with van der Waals surface area (Å²) in [5, 5.41) is 6.21. The van der Waals surface area contributed by atoms with Crippen molar-refractivity contribution < 1.29 is 23.5 Å². The highest BCUT2D eigenvalue weighted by Gasteiger charge is 2.24. The zero-order valence-electron chi connectivity index (χ0n) is 21.8. The van der Waals surface area contributed by atoms with Crippen molar-refractivity contribution in [3.8, 4) is 11.5 Å². The van der Waals surface area contributed by atoms with Crippen molar-refractivity contribution in [1.82, 2.24) is 19.8 Å². The SMILES string of the molecule is COc1cccc(CNC(=O)Cn2c(=O)n(CC(=O)NC3CCCC3)c(=O)c3oc4ccccc4c32)c1OC. The lowest BCUT2D eigenvalue weighted by Gasteiger charge is -2.15. The van der Waals surface area contributed by atoms with E-state index in [0.717, 1.165) is 30.3 Å². The number of hydrogen-bond acceptors (Lipinski definition) is 7. The molecule has 1 saturated carbocycles. The number of hydrogen-bond donors (Lipinski definition) is 2. The molecule has 0 atom stereocenters. The minimum Gasteiger partial charge on any atom is -0.493 e. The third-order valence-corrected chi connectivity index (χ3v) is 7.02. The van der Waals surface area contributed by atoms with Crippen molar-refractivity contribution in [2.24, 2.45) is 0 Å². The van der Waals surface area contributed by atoms with Gasteiger partial charge in [0.2, 0.25) is 17.4 Å². The van der Waals surface area contributed by atoms with Crippen LogP contribution in [0.3, 0.4) is 0 Å². The number of nitrogens with zero attached hydrogens (tertiary/aromatic N) is 2. The van der Waals surface area contributed by atoms with Gasteiger partial charge in [-0.3, -0.25) is 19.0 Å². The van der Waals surface area contributed by atoms with Crippen LogP contribution in [0, 0.1) is 0 Å². The van der Waals surface area contributed by atoms with E-state index in [0.29, 0.717) is 28.0 Å². The summed E-state index contributed by atoms with van der Waals surface area (Å²) in [5.74, 6) is 0.101. The van der Waals surface area contributed by atoms with Gasteiger partial charge in [0, 0.05) is 23.5 Å². The molecule has 39 heavy (non-hydrogen) atoms. The smallest absolute Gasteiger partial charge is 0.332 e. The van der Waals surface area contributed by atoms with E-state index in [2.05, 4.69) is 10.6 Å². The minimum absolute atomic E-state index is 0.0322. The number of fused-ring (bicyclic) bond motifs is 3. The van der Waals surface area contributed by atoms with E-state index in [1.54, 1.807) is 42.5 Å². The molecule has 0 saturated heterocycles. The van der Waals surface area contributed by atoms with Gasteiger partial charge in [0.15, 0.2) is 11.5 Å². The lowest BCUT2D eigenvalue weighted by molar-refractivity contribution is -0.122. The quantitative estimate of drug-likeness (QED) is 0.337. The van der Waals surface area contributed by atoms with Crippen LogP contribution in [0.4, 0.5) is 0 Å². The van der Waals surface area contributed by atoms with Crippen LogP contribution in [0.25, 0.3) is 22.1 Å². The Balaban J connectivity index is 1.48. The number of carbonyl (C=O) groups excluding carboxylic acids is 2. The average molecular weight is 535 g/mol. The highest BCUT2D eigenvalue weighted by Crippen LogP contribution is 2.30. The Morgan fingerprint density at radius 2 is 1.69 bits per heavy atom. The highest BCUT2D eigenvalue weighted by atomic mass is 16.5. The fourth-order valence-corrected chi connectivity index (χ4v) is 5.16. The number of methoxy groups -OCH3 is 2. The highest BCUT2D eigenvalue weighted by molar-refractivity contribution is 6.02. The maximum atomic E-state index is 13.6. The van der Waals surface area contributed by atoms with Crippen LogP contribution in [-0.4, -0.2) is 41.2 Å². The number of rotatable bonds is 9. The van der Waals surface area contributed by atoms with E-state index in [-0.39, 0.29) is 23.7 Å². The fraction of sp³-hybridized carbons (Fsp3) is 0.357. The molecule has 0 aliphatic heterocycles. The molecule has 11 nitrogen and oxygen atoms in total. The van der Waals surface area contributed by atoms with Crippen molar-refractivity contribution in [3.05, 3.63) is 68.9 Å². The van der Waals surface area contributed by atoms with E-state index in [1.165, 1.54) is 18.8 Å². The van der Waals surface area contributed by atoms with Crippen molar-refractivity contribution in [2.45, 2.75) is 51.4 Å². The molecule has 0 unspecified atom stereocenters. The molecule has 2 heterocycles. The van der Waals surface area contributed by atoms with Gasteiger partial charge in [-0.05, 0) is 31.0 Å². The number of para-hydroxylation sites is 2. The third-order valence-electron chi connectivity index (χ3n) is 7.02. The first kappa shape index (κ1) is 26.1. The number of ether oxygens (including phenoxy) is 2. The maximum Gasteiger partial charge on any atom is 0.332 e. The molecule has 204 valence electrons. The van der Waals surface area contributed by atoms with Crippen LogP contribution < -0.4 is 31.4 Å². The van der Waals surface area contributed by atoms with Crippen molar-refractivity contribution >= 4 is 33.9 Å². The summed E-state index contributed by atoms with van der Waals surface area (Å²) in [6.07, 6.45) is 3.79. The summed E-state index contributed by atoms with van der Waals surface area (Å²) in [6, 6.07) is 12.2. The predicted molar refractivity (Wildman–Crippen MR) is 144 cm³/mol. The van der Waals surface area contributed by atoms with Gasteiger partial charge < -0.3 is 24.5 Å². The zero-order valence-corrected chi connectivity index (χ0v) is 21.8. The molecule has 1 fully saturated rings. The van der Waals surface area contributed by atoms with E-state index in [1.807, 2.05) is 0 Å². The molecular formula is C28H30N4O7. The predicted octanol–water partition coefficient (Wildman–Crippen LogP) is 2.30. The van der Waals surface area contributed by atoms with Crippen LogP contribution in [0.5, 0.6) is 11.5 Å². The Bertz CT molecular complexity index is 1660. The van der Waals surface area contributed by atoms with Crippen molar-refractivity contribution in [1.29, 1.82) is 0 Å². The van der Waals surface area contributed by atoms with E-state index < -0.39 is 36.2 Å². The lowest BCUT2D eigenvalue weighted by atomic mass is 10.2. The molecule has 2 amide bonds. The molecule has 0 radical (unpaired) electrons. The molecule has 1 aliphatic rings. The lowest BCUT2D eigenvalue weighted by Crippen LogP contribution is -2.46. The second-order valence-corrected chi connectivity index (χ2v) is 9.51. The Kier molecular flexibility index (Phi) is 7.40. The summed E-state index contributed by atoms with van der Waals surface area (Å²) >= 11 is 0. The third kappa shape index (κ3) is 5.12. The molecule has 0 spiro atoms. The van der Waals surface area contributed by atoms with E-state index >= 15 is 0 Å². The van der Waals surface area contributed by atoms with E-state index in [4.69, 9.17) is 13.9 Å². The monoisotopic (exact) mass is 534 g/mol. The van der Waals surface area contributed by atoms with Gasteiger partial charge in [-0.1, -0.05) is 37.1 Å². The molecule has 0 bridgehead atoms. The number of furan rings is 1. The van der Waals surface area contributed by atoms with Crippen LogP contribution in [-0.2, 0) is 29.2 Å². The van der Waals surface area contributed by atoms with Crippen LogP contribution in [0.15, 0.2) is 56.5 Å². The first-order chi connectivity index (χ1) is 18.9. The summed E-state index contributed by atoms with van der Waals surface area (Å²) in [5.41, 5.74) is -0.286. The van der Waals surface area contributed by atoms with Gasteiger partial charge >= 0.3 is 5.69 Å². The van der Waals surface area contributed by atoms with Gasteiger partial charge in [0.05, 0.1) is 14.2 Å². The van der Waals surface area contributed by atoms with Gasteiger partial charge in [-0.15, -0.1) is 0 Å². The zero-order chi connectivity index (χ0) is 27.5. The standard InChI is InChI=1S/C28H30N4O7/c1-37-21-13-7-8-17(25(21)38-2)14-29-22(33)15-31-24-19-11-5-6-12-20(19)39-26(24)27(35)32(28(31)36)16-23(34)30-18-9-3-4-10-18/h5-8,11-13,18H,3-4,9-10,14-16H2,1-2H3,(H,29,33)(H,30,34). The van der Waals surface area contributed by atoms with Crippen LogP contribution in [0.1, 0.15) is 31.2 Å². The molecule has 5 rings (SSSR count). The second-order valence-electron chi connectivity index (χ2n) is 9.51. The summed E-state index contributed by atoms with van der Waals surface area (Å²) in [6.45, 7) is -0.744. The minimum atomic E-state index is -0.769. The Hall–Kier alpha value is -4.54. The summed E-state index contributed by atoms with van der Waals surface area (Å²) in [7, 11) is 3.03. The molecule has 2 N–H and O–H groups in total. The van der Waals surface area contributed by atoms with Crippen LogP contribution in [0.2, 0.25) is 0 Å². The number of aromatic nitrogens is 2. The Morgan fingerprint density at radius 3 is 2.44 bits per heavy atom. The number of amides is 2. The fourth-order valence-electron chi connectivity index (χ4n) is 5.16. The Morgan fingerprint density at radius 1 is 0.949 bits per heavy atom. The number of carbonyl (C=O) groups is 2. The van der Waals surface area contributed by atoms with Crippen molar-refractivity contribution in [2.75, 3.05) is 14.2 Å². The second kappa shape index (κ2) is 11.1. The number of nitrogens with one attached hydrogen (secondary N) is 2. The number of benzene rings is 2. The average Bonchev–Trinajstić information content (AvgIpc) is 3.60. The van der Waals surface area contributed by atoms with Gasteiger partial charge in [-0.25, -0.2) is 9.36 Å². The first-order valence-corrected chi connectivity index (χ1v) is 12.8. The topological polar surface area (TPSA) is 134 Å². The first-order valence-electron chi connectivity index (χ1n) is 12.8. The molecule has 11 heteroatoms. The summed E-state index contributed by atoms with van der Waals surface area (Å²) in [4.78, 5) is 52.8. The normalized spacial score (nSPS) is 13.6. The molecular weight excluding hydrogens is 504 g/mol. The molecule has 2 aromatic heterocycles. The summed E-state index contributed by atoms with van der Waals surface area (Å²) < 4.78 is 18.6. The van der Waals surface area contributed by atoms with Gasteiger partial charge in [0.1, 0.15) is 24.2 Å². The molecule has 2 aromatic carbocycles. The van der Waals surface area contributed by atoms with E-state index in [9.17, 15) is 19.2 Å². The Labute approximate surface area is 223 Å². The molecule has 1 aliphatic carbocycles.